The Labute approximate surface area is 113 Å². The van der Waals surface area contributed by atoms with Gasteiger partial charge in [-0.2, -0.15) is 5.26 Å². The third kappa shape index (κ3) is 5.40. The molecule has 0 aliphatic heterocycles. The second-order valence-electron chi connectivity index (χ2n) is 4.14. The van der Waals surface area contributed by atoms with Crippen molar-refractivity contribution in [3.8, 4) is 11.8 Å². The molecule has 1 rings (SSSR count). The van der Waals surface area contributed by atoms with Gasteiger partial charge in [0.25, 0.3) is 0 Å². The molecule has 1 aromatic carbocycles. The molecule has 0 aliphatic carbocycles. The maximum Gasteiger partial charge on any atom is 0.234 e. The summed E-state index contributed by atoms with van der Waals surface area (Å²) in [6.45, 7) is 2.60. The van der Waals surface area contributed by atoms with Crippen molar-refractivity contribution in [3.05, 3.63) is 29.8 Å². The van der Waals surface area contributed by atoms with Crippen molar-refractivity contribution in [1.82, 2.24) is 10.6 Å². The Morgan fingerprint density at radius 3 is 3.00 bits per heavy atom. The fourth-order valence-electron chi connectivity index (χ4n) is 1.59. The molecular weight excluding hydrogens is 242 g/mol. The highest BCUT2D eigenvalue weighted by atomic mass is 16.5. The van der Waals surface area contributed by atoms with Crippen LogP contribution in [0.3, 0.4) is 0 Å². The fourth-order valence-corrected chi connectivity index (χ4v) is 1.59. The van der Waals surface area contributed by atoms with E-state index in [1.807, 2.05) is 37.3 Å². The fraction of sp³-hybridized carbons (Fsp3) is 0.429. The Morgan fingerprint density at radius 2 is 2.32 bits per heavy atom. The minimum absolute atomic E-state index is 0.0526. The first-order chi connectivity index (χ1) is 9.17. The van der Waals surface area contributed by atoms with Crippen molar-refractivity contribution in [2.45, 2.75) is 19.4 Å². The molecule has 0 unspecified atom stereocenters. The van der Waals surface area contributed by atoms with Crippen molar-refractivity contribution in [2.75, 3.05) is 20.2 Å². The largest absolute Gasteiger partial charge is 0.497 e. The van der Waals surface area contributed by atoms with Crippen LogP contribution in [0.15, 0.2) is 24.3 Å². The molecule has 0 saturated carbocycles. The topological polar surface area (TPSA) is 74.2 Å². The summed E-state index contributed by atoms with van der Waals surface area (Å²) in [5, 5.41) is 14.2. The van der Waals surface area contributed by atoms with Crippen molar-refractivity contribution < 1.29 is 9.53 Å². The predicted molar refractivity (Wildman–Crippen MR) is 72.7 cm³/mol. The van der Waals surface area contributed by atoms with Gasteiger partial charge in [-0.3, -0.25) is 4.79 Å². The van der Waals surface area contributed by atoms with E-state index in [9.17, 15) is 4.79 Å². The van der Waals surface area contributed by atoms with Crippen LogP contribution < -0.4 is 15.4 Å². The van der Waals surface area contributed by atoms with E-state index in [4.69, 9.17) is 10.00 Å². The van der Waals surface area contributed by atoms with Crippen LogP contribution in [0.1, 0.15) is 24.9 Å². The summed E-state index contributed by atoms with van der Waals surface area (Å²) in [6.07, 6.45) is 0.331. The lowest BCUT2D eigenvalue weighted by molar-refractivity contribution is -0.120. The van der Waals surface area contributed by atoms with E-state index in [2.05, 4.69) is 10.6 Å². The van der Waals surface area contributed by atoms with Crippen molar-refractivity contribution >= 4 is 5.91 Å². The van der Waals surface area contributed by atoms with E-state index >= 15 is 0 Å². The minimum atomic E-state index is -0.106. The Hall–Kier alpha value is -2.06. The summed E-state index contributed by atoms with van der Waals surface area (Å²) >= 11 is 0. The predicted octanol–water partition coefficient (Wildman–Crippen LogP) is 1.38. The van der Waals surface area contributed by atoms with Crippen LogP contribution in [-0.4, -0.2) is 26.1 Å². The summed E-state index contributed by atoms with van der Waals surface area (Å²) in [7, 11) is 1.62. The van der Waals surface area contributed by atoms with E-state index in [1.54, 1.807) is 7.11 Å². The zero-order valence-corrected chi connectivity index (χ0v) is 11.3. The Kier molecular flexibility index (Phi) is 6.41. The van der Waals surface area contributed by atoms with Gasteiger partial charge >= 0.3 is 0 Å². The number of nitriles is 1. The first kappa shape index (κ1) is 15.0. The van der Waals surface area contributed by atoms with Crippen molar-refractivity contribution in [3.63, 3.8) is 0 Å². The molecular formula is C14H19N3O2. The van der Waals surface area contributed by atoms with Gasteiger partial charge in [0.05, 0.1) is 26.1 Å². The van der Waals surface area contributed by atoms with E-state index in [0.29, 0.717) is 13.0 Å². The van der Waals surface area contributed by atoms with E-state index in [1.165, 1.54) is 0 Å². The zero-order valence-electron chi connectivity index (χ0n) is 11.3. The molecule has 1 aromatic rings. The van der Waals surface area contributed by atoms with Gasteiger partial charge in [-0.05, 0) is 24.6 Å². The van der Waals surface area contributed by atoms with Crippen LogP contribution >= 0.6 is 0 Å². The normalized spacial score (nSPS) is 11.4. The molecule has 1 atom stereocenters. The quantitative estimate of drug-likeness (QED) is 0.727. The number of rotatable bonds is 7. The molecule has 0 aliphatic rings. The number of ether oxygens (including phenoxy) is 1. The summed E-state index contributed by atoms with van der Waals surface area (Å²) < 4.78 is 5.16. The summed E-state index contributed by atoms with van der Waals surface area (Å²) in [6, 6.07) is 9.74. The van der Waals surface area contributed by atoms with E-state index < -0.39 is 0 Å². The number of nitrogens with zero attached hydrogens (tertiary/aromatic N) is 1. The zero-order chi connectivity index (χ0) is 14.1. The number of amides is 1. The van der Waals surface area contributed by atoms with Gasteiger partial charge in [0, 0.05) is 12.6 Å². The lowest BCUT2D eigenvalue weighted by Gasteiger charge is -2.14. The molecule has 0 spiro atoms. The summed E-state index contributed by atoms with van der Waals surface area (Å²) in [4.78, 5) is 11.5. The van der Waals surface area contributed by atoms with Crippen molar-refractivity contribution in [2.24, 2.45) is 0 Å². The SMILES string of the molecule is COc1cccc([C@@H](C)NCC(=O)NCCC#N)c1. The molecule has 102 valence electrons. The molecule has 5 nitrogen and oxygen atoms in total. The first-order valence-corrected chi connectivity index (χ1v) is 6.18. The molecule has 0 radical (unpaired) electrons. The number of methoxy groups -OCH3 is 1. The van der Waals surface area contributed by atoms with Gasteiger partial charge in [0.15, 0.2) is 0 Å². The molecule has 0 aromatic heterocycles. The van der Waals surface area contributed by atoms with Crippen LogP contribution in [0, 0.1) is 11.3 Å². The minimum Gasteiger partial charge on any atom is -0.497 e. The second kappa shape index (κ2) is 8.11. The van der Waals surface area contributed by atoms with Gasteiger partial charge in [-0.15, -0.1) is 0 Å². The van der Waals surface area contributed by atoms with Crippen LogP contribution in [0.4, 0.5) is 0 Å². The lowest BCUT2D eigenvalue weighted by Crippen LogP contribution is -2.35. The number of nitrogens with one attached hydrogen (secondary N) is 2. The molecule has 0 heterocycles. The first-order valence-electron chi connectivity index (χ1n) is 6.18. The average Bonchev–Trinajstić information content (AvgIpc) is 2.45. The standard InChI is InChI=1S/C14H19N3O2/c1-11(12-5-3-6-13(9-12)19-2)17-10-14(18)16-8-4-7-15/h3,5-6,9,11,17H,4,8,10H2,1-2H3,(H,16,18)/t11-/m1/s1. The third-order valence-electron chi connectivity index (χ3n) is 2.72. The summed E-state index contributed by atoms with van der Waals surface area (Å²) in [5.74, 6) is 0.689. The van der Waals surface area contributed by atoms with Crippen LogP contribution in [-0.2, 0) is 4.79 Å². The molecule has 5 heteroatoms. The Balaban J connectivity index is 2.40. The maximum atomic E-state index is 11.5. The van der Waals surface area contributed by atoms with E-state index in [0.717, 1.165) is 11.3 Å². The van der Waals surface area contributed by atoms with Crippen LogP contribution in [0.25, 0.3) is 0 Å². The number of benzene rings is 1. The smallest absolute Gasteiger partial charge is 0.234 e. The molecule has 19 heavy (non-hydrogen) atoms. The highest BCUT2D eigenvalue weighted by Crippen LogP contribution is 2.18. The lowest BCUT2D eigenvalue weighted by atomic mass is 10.1. The molecule has 0 fully saturated rings. The van der Waals surface area contributed by atoms with Gasteiger partial charge < -0.3 is 15.4 Å². The molecule has 0 saturated heterocycles. The van der Waals surface area contributed by atoms with Gasteiger partial charge in [-0.1, -0.05) is 12.1 Å². The van der Waals surface area contributed by atoms with Crippen LogP contribution in [0.2, 0.25) is 0 Å². The third-order valence-corrected chi connectivity index (χ3v) is 2.72. The number of carbonyl (C=O) groups excluding carboxylic acids is 1. The highest BCUT2D eigenvalue weighted by molar-refractivity contribution is 5.78. The number of hydrogen-bond acceptors (Lipinski definition) is 4. The molecule has 0 bridgehead atoms. The molecule has 2 N–H and O–H groups in total. The van der Waals surface area contributed by atoms with Gasteiger partial charge in [0.2, 0.25) is 5.91 Å². The second-order valence-corrected chi connectivity index (χ2v) is 4.14. The van der Waals surface area contributed by atoms with Gasteiger partial charge in [0.1, 0.15) is 5.75 Å². The Bertz CT molecular complexity index is 454. The monoisotopic (exact) mass is 261 g/mol. The maximum absolute atomic E-state index is 11.5. The average molecular weight is 261 g/mol. The summed E-state index contributed by atoms with van der Waals surface area (Å²) in [5.41, 5.74) is 1.06. The molecule has 1 amide bonds. The number of hydrogen-bond donors (Lipinski definition) is 2. The van der Waals surface area contributed by atoms with Crippen LogP contribution in [0.5, 0.6) is 5.75 Å². The highest BCUT2D eigenvalue weighted by Gasteiger charge is 2.08. The Morgan fingerprint density at radius 1 is 1.53 bits per heavy atom. The van der Waals surface area contributed by atoms with Gasteiger partial charge in [-0.25, -0.2) is 0 Å². The van der Waals surface area contributed by atoms with E-state index in [-0.39, 0.29) is 18.5 Å². The van der Waals surface area contributed by atoms with Crippen molar-refractivity contribution in [1.29, 1.82) is 5.26 Å². The number of carbonyl (C=O) groups is 1.